The lowest BCUT2D eigenvalue weighted by atomic mass is 10.1. The van der Waals surface area contributed by atoms with Gasteiger partial charge in [0.05, 0.1) is 12.8 Å². The van der Waals surface area contributed by atoms with Crippen molar-refractivity contribution in [2.45, 2.75) is 50.6 Å². The van der Waals surface area contributed by atoms with Crippen LogP contribution in [-0.2, 0) is 9.53 Å². The number of halogens is 1. The zero-order valence-corrected chi connectivity index (χ0v) is 13.4. The van der Waals surface area contributed by atoms with Gasteiger partial charge >= 0.3 is 5.97 Å². The second-order valence-corrected chi connectivity index (χ2v) is 6.13. The molecule has 1 fully saturated rings. The fourth-order valence-corrected chi connectivity index (χ4v) is 2.87. The van der Waals surface area contributed by atoms with Crippen molar-refractivity contribution in [3.05, 3.63) is 28.5 Å². The molecule has 1 unspecified atom stereocenters. The quantitative estimate of drug-likeness (QED) is 0.674. The first-order valence-electron chi connectivity index (χ1n) is 7.16. The van der Waals surface area contributed by atoms with Gasteiger partial charge in [0.15, 0.2) is 0 Å². The number of nitrogens with zero attached hydrogens (tertiary/aromatic N) is 1. The average Bonchev–Trinajstić information content (AvgIpc) is 2.74. The molecule has 0 aromatic carbocycles. The van der Waals surface area contributed by atoms with E-state index in [0.717, 1.165) is 17.3 Å². The van der Waals surface area contributed by atoms with Crippen molar-refractivity contribution in [2.24, 2.45) is 0 Å². The number of carbonyl (C=O) groups excluding carboxylic acids is 1. The van der Waals surface area contributed by atoms with Crippen molar-refractivity contribution >= 4 is 21.9 Å². The Hall–Kier alpha value is -0.940. The van der Waals surface area contributed by atoms with Crippen LogP contribution in [0.2, 0.25) is 0 Å². The molecular weight excluding hydrogens is 320 g/mol. The zero-order chi connectivity index (χ0) is 14.4. The third-order valence-corrected chi connectivity index (χ3v) is 4.21. The number of nitrogens with one attached hydrogen (secondary N) is 1. The SMILES string of the molecule is COC(=O)C(NC1CCCCCC1)c1ccc(Br)cn1. The molecule has 1 saturated carbocycles. The molecule has 4 nitrogen and oxygen atoms in total. The summed E-state index contributed by atoms with van der Waals surface area (Å²) in [7, 11) is 1.42. The number of carbonyl (C=O) groups is 1. The number of aromatic nitrogens is 1. The highest BCUT2D eigenvalue weighted by Gasteiger charge is 2.26. The fourth-order valence-electron chi connectivity index (χ4n) is 2.63. The molecule has 2 rings (SSSR count). The monoisotopic (exact) mass is 340 g/mol. The Morgan fingerprint density at radius 1 is 1.35 bits per heavy atom. The molecule has 1 aromatic heterocycles. The fraction of sp³-hybridized carbons (Fsp3) is 0.600. The summed E-state index contributed by atoms with van der Waals surface area (Å²) in [6.07, 6.45) is 8.96. The highest BCUT2D eigenvalue weighted by atomic mass is 79.9. The highest BCUT2D eigenvalue weighted by molar-refractivity contribution is 9.10. The molecule has 0 bridgehead atoms. The van der Waals surface area contributed by atoms with Crippen molar-refractivity contribution in [1.82, 2.24) is 10.3 Å². The average molecular weight is 341 g/mol. The Balaban J connectivity index is 2.10. The lowest BCUT2D eigenvalue weighted by Gasteiger charge is -2.23. The van der Waals surface area contributed by atoms with Gasteiger partial charge in [-0.2, -0.15) is 0 Å². The number of hydrogen-bond acceptors (Lipinski definition) is 4. The van der Waals surface area contributed by atoms with Gasteiger partial charge in [-0.25, -0.2) is 4.79 Å². The molecule has 1 atom stereocenters. The first kappa shape index (κ1) is 15.4. The van der Waals surface area contributed by atoms with E-state index >= 15 is 0 Å². The Morgan fingerprint density at radius 2 is 2.05 bits per heavy atom. The van der Waals surface area contributed by atoms with E-state index in [-0.39, 0.29) is 5.97 Å². The maximum atomic E-state index is 12.0. The molecule has 1 aliphatic rings. The van der Waals surface area contributed by atoms with Crippen LogP contribution < -0.4 is 5.32 Å². The minimum atomic E-state index is -0.476. The van der Waals surface area contributed by atoms with Crippen LogP contribution in [0, 0.1) is 0 Å². The van der Waals surface area contributed by atoms with E-state index in [1.54, 1.807) is 6.20 Å². The number of rotatable bonds is 4. The van der Waals surface area contributed by atoms with Gasteiger partial charge in [-0.3, -0.25) is 10.3 Å². The van der Waals surface area contributed by atoms with Crippen LogP contribution in [0.1, 0.15) is 50.3 Å². The van der Waals surface area contributed by atoms with Crippen LogP contribution in [0.15, 0.2) is 22.8 Å². The van der Waals surface area contributed by atoms with Crippen molar-refractivity contribution in [3.63, 3.8) is 0 Å². The molecule has 0 amide bonds. The Kier molecular flexibility index (Phi) is 5.98. The molecule has 0 radical (unpaired) electrons. The lowest BCUT2D eigenvalue weighted by molar-refractivity contribution is -0.143. The van der Waals surface area contributed by atoms with Crippen LogP contribution >= 0.6 is 15.9 Å². The first-order valence-corrected chi connectivity index (χ1v) is 7.95. The van der Waals surface area contributed by atoms with Crippen LogP contribution in [-0.4, -0.2) is 24.1 Å². The topological polar surface area (TPSA) is 51.2 Å². The molecule has 110 valence electrons. The molecule has 0 saturated heterocycles. The molecule has 1 N–H and O–H groups in total. The number of methoxy groups -OCH3 is 1. The maximum absolute atomic E-state index is 12.0. The van der Waals surface area contributed by atoms with Gasteiger partial charge in [0.25, 0.3) is 0 Å². The molecule has 1 aliphatic carbocycles. The molecule has 20 heavy (non-hydrogen) atoms. The van der Waals surface area contributed by atoms with Gasteiger partial charge < -0.3 is 4.74 Å². The van der Waals surface area contributed by atoms with Crippen LogP contribution in [0.3, 0.4) is 0 Å². The van der Waals surface area contributed by atoms with Crippen LogP contribution in [0.5, 0.6) is 0 Å². The van der Waals surface area contributed by atoms with Gasteiger partial charge in [0, 0.05) is 16.7 Å². The van der Waals surface area contributed by atoms with E-state index in [9.17, 15) is 4.79 Å². The van der Waals surface area contributed by atoms with E-state index in [0.29, 0.717) is 11.7 Å². The minimum Gasteiger partial charge on any atom is -0.468 e. The minimum absolute atomic E-state index is 0.274. The molecule has 5 heteroatoms. The lowest BCUT2D eigenvalue weighted by Crippen LogP contribution is -2.37. The third-order valence-electron chi connectivity index (χ3n) is 3.74. The largest absolute Gasteiger partial charge is 0.468 e. The van der Waals surface area contributed by atoms with E-state index in [1.807, 2.05) is 12.1 Å². The van der Waals surface area contributed by atoms with E-state index < -0.39 is 6.04 Å². The van der Waals surface area contributed by atoms with Crippen molar-refractivity contribution < 1.29 is 9.53 Å². The summed E-state index contributed by atoms with van der Waals surface area (Å²) in [5.74, 6) is -0.274. The van der Waals surface area contributed by atoms with Gasteiger partial charge in [-0.15, -0.1) is 0 Å². The van der Waals surface area contributed by atoms with Crippen molar-refractivity contribution in [2.75, 3.05) is 7.11 Å². The van der Waals surface area contributed by atoms with Crippen molar-refractivity contribution in [1.29, 1.82) is 0 Å². The standard InChI is InChI=1S/C15H21BrN2O2/c1-20-15(19)14(13-9-8-11(16)10-17-13)18-12-6-4-2-3-5-7-12/h8-10,12,14,18H,2-7H2,1H3. The van der Waals surface area contributed by atoms with Crippen molar-refractivity contribution in [3.8, 4) is 0 Å². The predicted molar refractivity (Wildman–Crippen MR) is 81.3 cm³/mol. The smallest absolute Gasteiger partial charge is 0.329 e. The third kappa shape index (κ3) is 4.28. The second-order valence-electron chi connectivity index (χ2n) is 5.21. The van der Waals surface area contributed by atoms with Gasteiger partial charge in [-0.1, -0.05) is 25.7 Å². The van der Waals surface area contributed by atoms with Crippen LogP contribution in [0.4, 0.5) is 0 Å². The number of ether oxygens (including phenoxy) is 1. The van der Waals surface area contributed by atoms with E-state index in [2.05, 4.69) is 26.2 Å². The summed E-state index contributed by atoms with van der Waals surface area (Å²) < 4.78 is 5.82. The summed E-state index contributed by atoms with van der Waals surface area (Å²) in [4.78, 5) is 16.3. The number of pyridine rings is 1. The van der Waals surface area contributed by atoms with E-state index in [4.69, 9.17) is 4.74 Å². The second kappa shape index (κ2) is 7.74. The molecule has 0 aliphatic heterocycles. The van der Waals surface area contributed by atoms with Crippen LogP contribution in [0.25, 0.3) is 0 Å². The zero-order valence-electron chi connectivity index (χ0n) is 11.8. The number of esters is 1. The molecule has 1 heterocycles. The Morgan fingerprint density at radius 3 is 2.60 bits per heavy atom. The molecule has 0 spiro atoms. The Labute approximate surface area is 128 Å². The molecular formula is C15H21BrN2O2. The first-order chi connectivity index (χ1) is 9.70. The Bertz CT molecular complexity index is 428. The van der Waals surface area contributed by atoms with E-state index in [1.165, 1.54) is 32.8 Å². The van der Waals surface area contributed by atoms with Gasteiger partial charge in [-0.05, 0) is 40.9 Å². The number of hydrogen-bond donors (Lipinski definition) is 1. The predicted octanol–water partition coefficient (Wildman–Crippen LogP) is 3.37. The highest BCUT2D eigenvalue weighted by Crippen LogP contribution is 2.22. The maximum Gasteiger partial charge on any atom is 0.329 e. The van der Waals surface area contributed by atoms with Gasteiger partial charge in [0.2, 0.25) is 0 Å². The normalized spacial score (nSPS) is 18.3. The summed E-state index contributed by atoms with van der Waals surface area (Å²) in [6.45, 7) is 0. The summed E-state index contributed by atoms with van der Waals surface area (Å²) in [6, 6.07) is 3.64. The summed E-state index contributed by atoms with van der Waals surface area (Å²) in [5.41, 5.74) is 0.712. The summed E-state index contributed by atoms with van der Waals surface area (Å²) >= 11 is 3.36. The summed E-state index contributed by atoms with van der Waals surface area (Å²) in [5, 5.41) is 3.43. The van der Waals surface area contributed by atoms with Gasteiger partial charge in [0.1, 0.15) is 6.04 Å². The molecule has 1 aromatic rings.